The van der Waals surface area contributed by atoms with E-state index in [1.165, 1.54) is 0 Å². The lowest BCUT2D eigenvalue weighted by Gasteiger charge is -2.25. The van der Waals surface area contributed by atoms with Crippen LogP contribution in [0.5, 0.6) is 0 Å². The summed E-state index contributed by atoms with van der Waals surface area (Å²) in [5.74, 6) is 0. The lowest BCUT2D eigenvalue weighted by Crippen LogP contribution is -2.38. The van der Waals surface area contributed by atoms with E-state index in [0.29, 0.717) is 6.54 Å². The van der Waals surface area contributed by atoms with Crippen LogP contribution in [0.2, 0.25) is 0 Å². The van der Waals surface area contributed by atoms with Crippen molar-refractivity contribution < 1.29 is 4.79 Å². The van der Waals surface area contributed by atoms with Crippen LogP contribution in [-0.2, 0) is 6.54 Å². The first-order valence-electron chi connectivity index (χ1n) is 6.78. The minimum Gasteiger partial charge on any atom is -0.334 e. The Bertz CT molecular complexity index is 539. The van der Waals surface area contributed by atoms with Crippen molar-refractivity contribution in [1.82, 2.24) is 10.2 Å². The molecule has 20 heavy (non-hydrogen) atoms. The largest absolute Gasteiger partial charge is 0.334 e. The number of nitrogens with zero attached hydrogens (tertiary/aromatic N) is 1. The highest BCUT2D eigenvalue weighted by molar-refractivity contribution is 5.74. The number of carbonyl (C=O) groups is 1. The number of nitrogens with one attached hydrogen (secondary N) is 1. The zero-order valence-electron chi connectivity index (χ0n) is 11.9. The minimum absolute atomic E-state index is 0.0481. The van der Waals surface area contributed by atoms with Crippen molar-refractivity contribution >= 4 is 6.03 Å². The van der Waals surface area contributed by atoms with Gasteiger partial charge in [0.25, 0.3) is 0 Å². The fourth-order valence-corrected chi connectivity index (χ4v) is 2.03. The van der Waals surface area contributed by atoms with Crippen LogP contribution < -0.4 is 5.32 Å². The van der Waals surface area contributed by atoms with Gasteiger partial charge in [0, 0.05) is 13.6 Å². The maximum Gasteiger partial charge on any atom is 0.317 e. The van der Waals surface area contributed by atoms with Crippen molar-refractivity contribution in [2.75, 3.05) is 7.05 Å². The topological polar surface area (TPSA) is 32.3 Å². The number of benzene rings is 2. The Labute approximate surface area is 120 Å². The van der Waals surface area contributed by atoms with Crippen LogP contribution in [0.15, 0.2) is 60.7 Å². The van der Waals surface area contributed by atoms with Crippen LogP contribution in [0.1, 0.15) is 24.1 Å². The van der Waals surface area contributed by atoms with Crippen molar-refractivity contribution in [1.29, 1.82) is 0 Å². The van der Waals surface area contributed by atoms with Crippen molar-refractivity contribution in [3.63, 3.8) is 0 Å². The van der Waals surface area contributed by atoms with Crippen molar-refractivity contribution in [3.8, 4) is 0 Å². The molecule has 2 aromatic carbocycles. The third kappa shape index (κ3) is 3.60. The van der Waals surface area contributed by atoms with Gasteiger partial charge in [0.2, 0.25) is 0 Å². The van der Waals surface area contributed by atoms with E-state index in [1.807, 2.05) is 74.6 Å². The standard InChI is InChI=1S/C17H20N2O/c1-14(16-11-7-4-8-12-16)19(2)17(20)18-13-15-9-5-3-6-10-15/h3-12,14H,13H2,1-2H3,(H,18,20)/t14-/m1/s1. The second-order valence-corrected chi connectivity index (χ2v) is 4.84. The average Bonchev–Trinajstić information content (AvgIpc) is 2.53. The fourth-order valence-electron chi connectivity index (χ4n) is 2.03. The highest BCUT2D eigenvalue weighted by Crippen LogP contribution is 2.17. The van der Waals surface area contributed by atoms with Crippen LogP contribution in [0.25, 0.3) is 0 Å². The van der Waals surface area contributed by atoms with E-state index in [2.05, 4.69) is 5.32 Å². The third-order valence-electron chi connectivity index (χ3n) is 3.47. The van der Waals surface area contributed by atoms with Crippen LogP contribution in [0.4, 0.5) is 4.79 Å². The van der Waals surface area contributed by atoms with Gasteiger partial charge in [0.1, 0.15) is 0 Å². The summed E-state index contributed by atoms with van der Waals surface area (Å²) in [6.45, 7) is 2.57. The van der Waals surface area contributed by atoms with Crippen LogP contribution in [-0.4, -0.2) is 18.0 Å². The monoisotopic (exact) mass is 268 g/mol. The van der Waals surface area contributed by atoms with Gasteiger partial charge in [-0.05, 0) is 18.1 Å². The van der Waals surface area contributed by atoms with Gasteiger partial charge in [-0.15, -0.1) is 0 Å². The lowest BCUT2D eigenvalue weighted by molar-refractivity contribution is 0.194. The normalized spacial score (nSPS) is 11.7. The summed E-state index contributed by atoms with van der Waals surface area (Å²) in [6.07, 6.45) is 0. The Balaban J connectivity index is 1.92. The van der Waals surface area contributed by atoms with Gasteiger partial charge in [-0.1, -0.05) is 60.7 Å². The van der Waals surface area contributed by atoms with Gasteiger partial charge in [0.15, 0.2) is 0 Å². The SMILES string of the molecule is C[C@H](c1ccccc1)N(C)C(=O)NCc1ccccc1. The molecule has 1 atom stereocenters. The van der Waals surface area contributed by atoms with Crippen LogP contribution in [0, 0.1) is 0 Å². The molecule has 0 fully saturated rings. The summed E-state index contributed by atoms with van der Waals surface area (Å²) in [7, 11) is 1.82. The van der Waals surface area contributed by atoms with E-state index < -0.39 is 0 Å². The van der Waals surface area contributed by atoms with Crippen molar-refractivity contribution in [3.05, 3.63) is 71.8 Å². The fraction of sp³-hybridized carbons (Fsp3) is 0.235. The molecular weight excluding hydrogens is 248 g/mol. The Morgan fingerprint density at radius 1 is 1.05 bits per heavy atom. The van der Waals surface area contributed by atoms with E-state index >= 15 is 0 Å². The molecule has 2 amide bonds. The number of rotatable bonds is 4. The molecule has 3 nitrogen and oxygen atoms in total. The number of hydrogen-bond acceptors (Lipinski definition) is 1. The van der Waals surface area contributed by atoms with E-state index in [1.54, 1.807) is 4.90 Å². The highest BCUT2D eigenvalue weighted by Gasteiger charge is 2.16. The van der Waals surface area contributed by atoms with Gasteiger partial charge in [-0.3, -0.25) is 0 Å². The van der Waals surface area contributed by atoms with Crippen molar-refractivity contribution in [2.24, 2.45) is 0 Å². The maximum atomic E-state index is 12.1. The van der Waals surface area contributed by atoms with Gasteiger partial charge < -0.3 is 10.2 Å². The maximum absolute atomic E-state index is 12.1. The zero-order chi connectivity index (χ0) is 14.4. The van der Waals surface area contributed by atoms with Crippen molar-refractivity contribution in [2.45, 2.75) is 19.5 Å². The molecule has 0 aliphatic heterocycles. The first kappa shape index (κ1) is 14.1. The number of amides is 2. The molecule has 0 saturated heterocycles. The molecule has 0 aromatic heterocycles. The summed E-state index contributed by atoms with van der Waals surface area (Å²) in [5.41, 5.74) is 2.23. The molecule has 2 aromatic rings. The van der Waals surface area contributed by atoms with Crippen LogP contribution >= 0.6 is 0 Å². The molecule has 3 heteroatoms. The lowest BCUT2D eigenvalue weighted by atomic mass is 10.1. The van der Waals surface area contributed by atoms with E-state index in [-0.39, 0.29) is 12.1 Å². The molecule has 0 aliphatic rings. The van der Waals surface area contributed by atoms with Gasteiger partial charge in [-0.25, -0.2) is 4.79 Å². The van der Waals surface area contributed by atoms with E-state index in [4.69, 9.17) is 0 Å². The summed E-state index contributed by atoms with van der Waals surface area (Å²) in [4.78, 5) is 13.9. The summed E-state index contributed by atoms with van der Waals surface area (Å²) in [6, 6.07) is 19.9. The molecule has 0 aliphatic carbocycles. The Morgan fingerprint density at radius 3 is 2.20 bits per heavy atom. The summed E-state index contributed by atoms with van der Waals surface area (Å²) in [5, 5.41) is 2.94. The molecular formula is C17H20N2O. The average molecular weight is 268 g/mol. The second-order valence-electron chi connectivity index (χ2n) is 4.84. The Kier molecular flexibility index (Phi) is 4.77. The van der Waals surface area contributed by atoms with E-state index in [9.17, 15) is 4.79 Å². The first-order chi connectivity index (χ1) is 9.68. The van der Waals surface area contributed by atoms with Gasteiger partial charge in [0.05, 0.1) is 6.04 Å². The molecule has 104 valence electrons. The van der Waals surface area contributed by atoms with Gasteiger partial charge in [-0.2, -0.15) is 0 Å². The molecule has 0 saturated carbocycles. The number of carbonyl (C=O) groups excluding carboxylic acids is 1. The van der Waals surface area contributed by atoms with Gasteiger partial charge >= 0.3 is 6.03 Å². The Morgan fingerprint density at radius 2 is 1.60 bits per heavy atom. The Hall–Kier alpha value is -2.29. The number of urea groups is 1. The summed E-state index contributed by atoms with van der Waals surface area (Å²) >= 11 is 0. The molecule has 0 spiro atoms. The molecule has 0 heterocycles. The molecule has 0 radical (unpaired) electrons. The first-order valence-corrected chi connectivity index (χ1v) is 6.78. The molecule has 1 N–H and O–H groups in total. The molecule has 0 bridgehead atoms. The highest BCUT2D eigenvalue weighted by atomic mass is 16.2. The third-order valence-corrected chi connectivity index (χ3v) is 3.47. The predicted molar refractivity (Wildman–Crippen MR) is 81.3 cm³/mol. The quantitative estimate of drug-likeness (QED) is 0.903. The zero-order valence-corrected chi connectivity index (χ0v) is 11.9. The number of hydrogen-bond donors (Lipinski definition) is 1. The van der Waals surface area contributed by atoms with E-state index in [0.717, 1.165) is 11.1 Å². The predicted octanol–water partition coefficient (Wildman–Crippen LogP) is 3.59. The second kappa shape index (κ2) is 6.75. The minimum atomic E-state index is -0.0646. The van der Waals surface area contributed by atoms with Crippen LogP contribution in [0.3, 0.4) is 0 Å². The molecule has 0 unspecified atom stereocenters. The summed E-state index contributed by atoms with van der Waals surface area (Å²) < 4.78 is 0. The smallest absolute Gasteiger partial charge is 0.317 e. The molecule has 2 rings (SSSR count).